The molecule has 0 bridgehead atoms. The van der Waals surface area contributed by atoms with Gasteiger partial charge in [-0.15, -0.1) is 0 Å². The Morgan fingerprint density at radius 3 is 2.11 bits per heavy atom. The zero-order valence-electron chi connectivity index (χ0n) is 12.7. The van der Waals surface area contributed by atoms with Crippen LogP contribution in [0.5, 0.6) is 0 Å². The Balaban J connectivity index is 1.89. The van der Waals surface area contributed by atoms with Crippen molar-refractivity contribution in [2.75, 3.05) is 0 Å². The molecule has 0 aliphatic heterocycles. The maximum Gasteiger partial charge on any atom is 0.192 e. The summed E-state index contributed by atoms with van der Waals surface area (Å²) < 4.78 is 7.60. The molecule has 0 unspecified atom stereocenters. The lowest BCUT2D eigenvalue weighted by Crippen LogP contribution is -2.47. The zero-order valence-corrected chi connectivity index (χ0v) is 15.3. The fourth-order valence-electron chi connectivity index (χ4n) is 2.26. The second-order valence-electron chi connectivity index (χ2n) is 7.22. The van der Waals surface area contributed by atoms with Gasteiger partial charge in [0.25, 0.3) is 0 Å². The SMILES string of the molecule is CC(C)(C)[Si](C)(C)OC1CC(c2ccc(Br)cc2)C1. The topological polar surface area (TPSA) is 9.23 Å². The van der Waals surface area contributed by atoms with Crippen LogP contribution in [0.25, 0.3) is 0 Å². The van der Waals surface area contributed by atoms with Gasteiger partial charge in [-0.3, -0.25) is 0 Å². The molecule has 0 saturated heterocycles. The molecule has 0 amide bonds. The minimum Gasteiger partial charge on any atom is -0.414 e. The molecule has 1 nitrogen and oxygen atoms in total. The van der Waals surface area contributed by atoms with Gasteiger partial charge >= 0.3 is 0 Å². The minimum absolute atomic E-state index is 0.315. The van der Waals surface area contributed by atoms with Crippen LogP contribution < -0.4 is 0 Å². The molecular weight excluding hydrogens is 316 g/mol. The highest BCUT2D eigenvalue weighted by molar-refractivity contribution is 9.10. The number of hydrogen-bond donors (Lipinski definition) is 0. The summed E-state index contributed by atoms with van der Waals surface area (Å²) in [5.74, 6) is 0.697. The van der Waals surface area contributed by atoms with Crippen LogP contribution in [0, 0.1) is 0 Å². The van der Waals surface area contributed by atoms with E-state index >= 15 is 0 Å². The molecule has 1 aromatic rings. The van der Waals surface area contributed by atoms with E-state index in [0.29, 0.717) is 17.1 Å². The van der Waals surface area contributed by atoms with Gasteiger partial charge in [0.1, 0.15) is 0 Å². The van der Waals surface area contributed by atoms with Gasteiger partial charge in [-0.2, -0.15) is 0 Å². The fraction of sp³-hybridized carbons (Fsp3) is 0.625. The number of hydrogen-bond acceptors (Lipinski definition) is 1. The molecule has 0 N–H and O–H groups in total. The lowest BCUT2D eigenvalue weighted by molar-refractivity contribution is 0.0841. The first-order valence-corrected chi connectivity index (χ1v) is 10.8. The molecule has 1 aliphatic rings. The van der Waals surface area contributed by atoms with E-state index in [9.17, 15) is 0 Å². The summed E-state index contributed by atoms with van der Waals surface area (Å²) in [6.07, 6.45) is 2.86. The maximum atomic E-state index is 6.44. The Bertz CT molecular complexity index is 427. The minimum atomic E-state index is -1.58. The first kappa shape index (κ1) is 15.3. The Kier molecular flexibility index (Phi) is 4.29. The van der Waals surface area contributed by atoms with Crippen LogP contribution in [0.4, 0.5) is 0 Å². The first-order chi connectivity index (χ1) is 8.69. The summed E-state index contributed by atoms with van der Waals surface area (Å²) in [5.41, 5.74) is 1.46. The summed E-state index contributed by atoms with van der Waals surface area (Å²) in [6.45, 7) is 11.6. The maximum absolute atomic E-state index is 6.44. The molecule has 1 fully saturated rings. The third-order valence-electron chi connectivity index (χ3n) is 4.70. The molecule has 2 rings (SSSR count). The van der Waals surface area contributed by atoms with Crippen molar-refractivity contribution in [2.45, 2.75) is 63.8 Å². The Hall–Kier alpha value is -0.123. The summed E-state index contributed by atoms with van der Waals surface area (Å²) in [6, 6.07) is 8.74. The highest BCUT2D eigenvalue weighted by atomic mass is 79.9. The molecule has 19 heavy (non-hydrogen) atoms. The predicted octanol–water partition coefficient (Wildman–Crippen LogP) is 5.72. The van der Waals surface area contributed by atoms with Crippen molar-refractivity contribution >= 4 is 24.2 Å². The van der Waals surface area contributed by atoms with E-state index < -0.39 is 8.32 Å². The van der Waals surface area contributed by atoms with Crippen LogP contribution in [0.2, 0.25) is 18.1 Å². The normalized spacial score (nSPS) is 24.1. The predicted molar refractivity (Wildman–Crippen MR) is 88.2 cm³/mol. The smallest absolute Gasteiger partial charge is 0.192 e. The molecule has 0 atom stereocenters. The molecule has 0 heterocycles. The number of halogens is 1. The van der Waals surface area contributed by atoms with Crippen LogP contribution >= 0.6 is 15.9 Å². The van der Waals surface area contributed by atoms with Gasteiger partial charge in [-0.05, 0) is 54.6 Å². The molecule has 0 radical (unpaired) electrons. The van der Waals surface area contributed by atoms with Crippen molar-refractivity contribution in [3.63, 3.8) is 0 Å². The summed E-state index contributed by atoms with van der Waals surface area (Å²) in [7, 11) is -1.58. The zero-order chi connectivity index (χ0) is 14.3. The van der Waals surface area contributed by atoms with Gasteiger partial charge in [0.15, 0.2) is 8.32 Å². The molecule has 0 spiro atoms. The average Bonchev–Trinajstić information content (AvgIpc) is 2.23. The van der Waals surface area contributed by atoms with Gasteiger partial charge in [0.05, 0.1) is 0 Å². The third kappa shape index (κ3) is 3.50. The van der Waals surface area contributed by atoms with Crippen LogP contribution in [0.15, 0.2) is 28.7 Å². The highest BCUT2D eigenvalue weighted by Gasteiger charge is 2.42. The van der Waals surface area contributed by atoms with E-state index in [0.717, 1.165) is 4.47 Å². The summed E-state index contributed by atoms with van der Waals surface area (Å²) in [4.78, 5) is 0. The third-order valence-corrected chi connectivity index (χ3v) is 9.77. The molecule has 106 valence electrons. The van der Waals surface area contributed by atoms with E-state index in [1.165, 1.54) is 18.4 Å². The van der Waals surface area contributed by atoms with Gasteiger partial charge in [0.2, 0.25) is 0 Å². The Morgan fingerprint density at radius 1 is 1.11 bits per heavy atom. The van der Waals surface area contributed by atoms with Crippen molar-refractivity contribution < 1.29 is 4.43 Å². The van der Waals surface area contributed by atoms with Crippen LogP contribution in [0.3, 0.4) is 0 Å². The second kappa shape index (κ2) is 5.34. The molecular formula is C16H25BrOSi. The summed E-state index contributed by atoms with van der Waals surface area (Å²) >= 11 is 3.49. The highest BCUT2D eigenvalue weighted by Crippen LogP contribution is 2.44. The van der Waals surface area contributed by atoms with Crippen LogP contribution in [0.1, 0.15) is 45.1 Å². The monoisotopic (exact) mass is 340 g/mol. The molecule has 1 aromatic carbocycles. The summed E-state index contributed by atoms with van der Waals surface area (Å²) in [5, 5.41) is 0.315. The number of rotatable bonds is 3. The molecule has 1 aliphatic carbocycles. The quantitative estimate of drug-likeness (QED) is 0.639. The fourth-order valence-corrected chi connectivity index (χ4v) is 3.91. The van der Waals surface area contributed by atoms with Crippen molar-refractivity contribution in [1.29, 1.82) is 0 Å². The van der Waals surface area contributed by atoms with Gasteiger partial charge in [0, 0.05) is 10.6 Å². The van der Waals surface area contributed by atoms with E-state index in [4.69, 9.17) is 4.43 Å². The van der Waals surface area contributed by atoms with Gasteiger partial charge in [-0.1, -0.05) is 48.8 Å². The standard InChI is InChI=1S/C16H25BrOSi/c1-16(2,3)19(4,5)18-15-10-13(11-15)12-6-8-14(17)9-7-12/h6-9,13,15H,10-11H2,1-5H3. The lowest BCUT2D eigenvalue weighted by atomic mass is 9.78. The van der Waals surface area contributed by atoms with E-state index in [-0.39, 0.29) is 0 Å². The largest absolute Gasteiger partial charge is 0.414 e. The van der Waals surface area contributed by atoms with Crippen molar-refractivity contribution in [1.82, 2.24) is 0 Å². The van der Waals surface area contributed by atoms with Crippen LogP contribution in [-0.4, -0.2) is 14.4 Å². The van der Waals surface area contributed by atoms with Gasteiger partial charge < -0.3 is 4.43 Å². The van der Waals surface area contributed by atoms with E-state index in [1.54, 1.807) is 0 Å². The molecule has 3 heteroatoms. The van der Waals surface area contributed by atoms with Crippen molar-refractivity contribution in [2.24, 2.45) is 0 Å². The van der Waals surface area contributed by atoms with Crippen molar-refractivity contribution in [3.8, 4) is 0 Å². The second-order valence-corrected chi connectivity index (χ2v) is 12.9. The van der Waals surface area contributed by atoms with E-state index in [1.807, 2.05) is 0 Å². The van der Waals surface area contributed by atoms with Crippen molar-refractivity contribution in [3.05, 3.63) is 34.3 Å². The van der Waals surface area contributed by atoms with Crippen LogP contribution in [-0.2, 0) is 4.43 Å². The average molecular weight is 341 g/mol. The number of benzene rings is 1. The molecule has 1 saturated carbocycles. The Labute approximate surface area is 127 Å². The first-order valence-electron chi connectivity index (χ1n) is 7.12. The van der Waals surface area contributed by atoms with Gasteiger partial charge in [-0.25, -0.2) is 0 Å². The molecule has 0 aromatic heterocycles. The lowest BCUT2D eigenvalue weighted by Gasteiger charge is -2.45. The van der Waals surface area contributed by atoms with E-state index in [2.05, 4.69) is 74.1 Å². The Morgan fingerprint density at radius 2 is 1.63 bits per heavy atom.